The van der Waals surface area contributed by atoms with E-state index in [0.717, 1.165) is 0 Å². The standard InChI is InChI=1S/C13H13ClN4O2/c1-17-6-15-18(7-17)16-11-10(14)12(19)8-4-2-3-5-9(8)13(11)20/h2-6,8-9,16H,7H2,1H3. The molecule has 0 aromatic carbocycles. The molecule has 0 aromatic heterocycles. The van der Waals surface area contributed by atoms with Crippen molar-refractivity contribution in [1.29, 1.82) is 0 Å². The first-order valence-electron chi connectivity index (χ1n) is 6.19. The van der Waals surface area contributed by atoms with Crippen molar-refractivity contribution in [1.82, 2.24) is 15.4 Å². The fourth-order valence-electron chi connectivity index (χ4n) is 2.38. The van der Waals surface area contributed by atoms with Gasteiger partial charge in [-0.25, -0.2) is 0 Å². The molecule has 3 aliphatic rings. The van der Waals surface area contributed by atoms with Gasteiger partial charge in [0.15, 0.2) is 11.6 Å². The highest BCUT2D eigenvalue weighted by atomic mass is 35.5. The third-order valence-corrected chi connectivity index (χ3v) is 3.78. The molecule has 1 heterocycles. The molecule has 1 N–H and O–H groups in total. The lowest BCUT2D eigenvalue weighted by Gasteiger charge is -2.30. The molecular weight excluding hydrogens is 280 g/mol. The quantitative estimate of drug-likeness (QED) is 0.807. The highest BCUT2D eigenvalue weighted by Crippen LogP contribution is 2.33. The molecule has 0 saturated heterocycles. The Kier molecular flexibility index (Phi) is 3.10. The smallest absolute Gasteiger partial charge is 0.190 e. The van der Waals surface area contributed by atoms with Gasteiger partial charge in [-0.3, -0.25) is 15.0 Å². The van der Waals surface area contributed by atoms with Crippen molar-refractivity contribution in [3.63, 3.8) is 0 Å². The van der Waals surface area contributed by atoms with Gasteiger partial charge in [-0.2, -0.15) is 5.12 Å². The van der Waals surface area contributed by atoms with Crippen LogP contribution in [-0.2, 0) is 9.59 Å². The number of ketones is 2. The summed E-state index contributed by atoms with van der Waals surface area (Å²) in [6, 6.07) is 0. The highest BCUT2D eigenvalue weighted by Gasteiger charge is 2.41. The van der Waals surface area contributed by atoms with E-state index in [9.17, 15) is 9.59 Å². The van der Waals surface area contributed by atoms with Gasteiger partial charge in [0.05, 0.1) is 11.8 Å². The van der Waals surface area contributed by atoms with Gasteiger partial charge in [-0.05, 0) is 0 Å². The van der Waals surface area contributed by atoms with E-state index in [1.807, 2.05) is 11.9 Å². The van der Waals surface area contributed by atoms with Gasteiger partial charge in [0.25, 0.3) is 0 Å². The highest BCUT2D eigenvalue weighted by molar-refractivity contribution is 6.46. The second-order valence-corrected chi connectivity index (χ2v) is 5.26. The maximum absolute atomic E-state index is 12.5. The minimum Gasteiger partial charge on any atom is -0.343 e. The summed E-state index contributed by atoms with van der Waals surface area (Å²) in [6.07, 6.45) is 8.59. The summed E-state index contributed by atoms with van der Waals surface area (Å²) in [5.74, 6) is -1.40. The van der Waals surface area contributed by atoms with Crippen LogP contribution in [0.25, 0.3) is 0 Å². The summed E-state index contributed by atoms with van der Waals surface area (Å²) < 4.78 is 0. The summed E-state index contributed by atoms with van der Waals surface area (Å²) in [5.41, 5.74) is 2.94. The average Bonchev–Trinajstić information content (AvgIpc) is 2.86. The van der Waals surface area contributed by atoms with Crippen LogP contribution >= 0.6 is 11.6 Å². The van der Waals surface area contributed by atoms with Gasteiger partial charge in [-0.1, -0.05) is 35.9 Å². The number of hydrogen-bond donors (Lipinski definition) is 1. The number of Topliss-reactive ketones (excluding diaryl/α,β-unsaturated/α-hetero) is 2. The van der Waals surface area contributed by atoms with Gasteiger partial charge >= 0.3 is 0 Å². The molecule has 0 spiro atoms. The number of carbonyl (C=O) groups excluding carboxylic acids is 2. The van der Waals surface area contributed by atoms with Crippen molar-refractivity contribution in [2.75, 3.05) is 13.7 Å². The first kappa shape index (κ1) is 12.9. The van der Waals surface area contributed by atoms with E-state index in [4.69, 9.17) is 11.6 Å². The third kappa shape index (κ3) is 2.02. The predicted molar refractivity (Wildman–Crippen MR) is 74.2 cm³/mol. The molecule has 104 valence electrons. The van der Waals surface area contributed by atoms with Crippen molar-refractivity contribution in [3.05, 3.63) is 35.0 Å². The first-order chi connectivity index (χ1) is 9.58. The zero-order valence-corrected chi connectivity index (χ0v) is 11.5. The molecule has 2 aliphatic carbocycles. The molecule has 20 heavy (non-hydrogen) atoms. The van der Waals surface area contributed by atoms with Crippen molar-refractivity contribution >= 4 is 29.5 Å². The Bertz CT molecular complexity index is 593. The number of rotatable bonds is 2. The van der Waals surface area contributed by atoms with Crippen molar-refractivity contribution < 1.29 is 9.59 Å². The summed E-state index contributed by atoms with van der Waals surface area (Å²) in [5, 5.41) is 5.45. The molecule has 2 unspecified atom stereocenters. The Morgan fingerprint density at radius 1 is 1.25 bits per heavy atom. The number of nitrogens with one attached hydrogen (secondary N) is 1. The molecule has 0 aromatic rings. The predicted octanol–water partition coefficient (Wildman–Crippen LogP) is 0.600. The molecule has 2 atom stereocenters. The van der Waals surface area contributed by atoms with E-state index in [0.29, 0.717) is 6.67 Å². The Hall–Kier alpha value is -2.08. The van der Waals surface area contributed by atoms with Crippen LogP contribution in [0.3, 0.4) is 0 Å². The zero-order chi connectivity index (χ0) is 14.3. The second kappa shape index (κ2) is 4.79. The van der Waals surface area contributed by atoms with Crippen LogP contribution in [0.15, 0.2) is 40.1 Å². The van der Waals surface area contributed by atoms with Crippen LogP contribution in [0.1, 0.15) is 0 Å². The number of halogens is 1. The number of fused-ring (bicyclic) bond motifs is 1. The lowest BCUT2D eigenvalue weighted by atomic mass is 9.77. The fraction of sp³-hybridized carbons (Fsp3) is 0.308. The average molecular weight is 293 g/mol. The lowest BCUT2D eigenvalue weighted by molar-refractivity contribution is -0.127. The number of carbonyl (C=O) groups is 2. The van der Waals surface area contributed by atoms with Crippen molar-refractivity contribution in [2.45, 2.75) is 0 Å². The minimum atomic E-state index is -0.490. The summed E-state index contributed by atoms with van der Waals surface area (Å²) in [6.45, 7) is 0.471. The molecule has 0 saturated carbocycles. The molecule has 7 heteroatoms. The SMILES string of the molecule is CN1C=NN(NC2=C(Cl)C(=O)C3C=CC=CC3C2=O)C1. The Balaban J connectivity index is 1.89. The van der Waals surface area contributed by atoms with Crippen molar-refractivity contribution in [3.8, 4) is 0 Å². The number of hydrazone groups is 1. The van der Waals surface area contributed by atoms with E-state index in [2.05, 4.69) is 10.5 Å². The third-order valence-electron chi connectivity index (χ3n) is 3.41. The summed E-state index contributed by atoms with van der Waals surface area (Å²) in [4.78, 5) is 26.5. The summed E-state index contributed by atoms with van der Waals surface area (Å²) in [7, 11) is 1.85. The molecule has 3 rings (SSSR count). The van der Waals surface area contributed by atoms with E-state index in [1.165, 1.54) is 5.12 Å². The molecular formula is C13H13ClN4O2. The van der Waals surface area contributed by atoms with Crippen LogP contribution in [-0.4, -0.2) is 41.6 Å². The second-order valence-electron chi connectivity index (χ2n) is 4.88. The number of hydrazine groups is 1. The van der Waals surface area contributed by atoms with Crippen molar-refractivity contribution in [2.24, 2.45) is 16.9 Å². The first-order valence-corrected chi connectivity index (χ1v) is 6.57. The largest absolute Gasteiger partial charge is 0.343 e. The Morgan fingerprint density at radius 2 is 1.90 bits per heavy atom. The number of nitrogens with zero attached hydrogens (tertiary/aromatic N) is 3. The van der Waals surface area contributed by atoms with Gasteiger partial charge in [0.2, 0.25) is 0 Å². The van der Waals surface area contributed by atoms with Gasteiger partial charge in [0.1, 0.15) is 23.7 Å². The molecule has 1 aliphatic heterocycles. The maximum atomic E-state index is 12.5. The van der Waals surface area contributed by atoms with Gasteiger partial charge in [0, 0.05) is 7.05 Å². The Labute approximate surface area is 121 Å². The van der Waals surface area contributed by atoms with Crippen LogP contribution in [0.4, 0.5) is 0 Å². The molecule has 0 bridgehead atoms. The Morgan fingerprint density at radius 3 is 2.50 bits per heavy atom. The molecule has 0 fully saturated rings. The molecule has 0 radical (unpaired) electrons. The molecule has 6 nitrogen and oxygen atoms in total. The zero-order valence-electron chi connectivity index (χ0n) is 10.8. The van der Waals surface area contributed by atoms with E-state index >= 15 is 0 Å². The van der Waals surface area contributed by atoms with E-state index < -0.39 is 11.8 Å². The monoisotopic (exact) mass is 292 g/mol. The van der Waals surface area contributed by atoms with E-state index in [-0.39, 0.29) is 22.3 Å². The van der Waals surface area contributed by atoms with Crippen LogP contribution in [0.5, 0.6) is 0 Å². The topological polar surface area (TPSA) is 65.0 Å². The summed E-state index contributed by atoms with van der Waals surface area (Å²) >= 11 is 6.06. The number of hydrogen-bond acceptors (Lipinski definition) is 6. The maximum Gasteiger partial charge on any atom is 0.190 e. The lowest BCUT2D eigenvalue weighted by Crippen LogP contribution is -2.44. The van der Waals surface area contributed by atoms with Crippen LogP contribution in [0.2, 0.25) is 0 Å². The number of allylic oxidation sites excluding steroid dienone is 6. The van der Waals surface area contributed by atoms with Crippen LogP contribution < -0.4 is 5.43 Å². The van der Waals surface area contributed by atoms with E-state index in [1.54, 1.807) is 30.6 Å². The van der Waals surface area contributed by atoms with Gasteiger partial charge < -0.3 is 4.90 Å². The minimum absolute atomic E-state index is 0.0547. The fourth-order valence-corrected chi connectivity index (χ4v) is 2.65. The normalized spacial score (nSPS) is 28.5. The van der Waals surface area contributed by atoms with Gasteiger partial charge in [-0.15, -0.1) is 5.10 Å². The van der Waals surface area contributed by atoms with Crippen LogP contribution in [0, 0.1) is 11.8 Å². The molecule has 0 amide bonds.